The Balaban J connectivity index is 2.77. The van der Waals surface area contributed by atoms with Crippen LogP contribution in [-0.2, 0) is 0 Å². The van der Waals surface area contributed by atoms with Crippen molar-refractivity contribution in [1.29, 1.82) is 0 Å². The molecule has 0 amide bonds. The number of halogens is 2. The van der Waals surface area contributed by atoms with Crippen LogP contribution in [0.5, 0.6) is 0 Å². The molecule has 0 aliphatic heterocycles. The quantitative estimate of drug-likeness (QED) is 0.827. The van der Waals surface area contributed by atoms with E-state index in [1.165, 1.54) is 9.26 Å². The molecule has 1 N–H and O–H groups in total. The molecule has 1 aromatic rings. The molecule has 0 bridgehead atoms. The van der Waals surface area contributed by atoms with Crippen LogP contribution >= 0.6 is 34.2 Å². The van der Waals surface area contributed by atoms with Gasteiger partial charge in [-0.3, -0.25) is 0 Å². The fraction of sp³-hybridized carbons (Fsp3) is 0.400. The highest BCUT2D eigenvalue weighted by molar-refractivity contribution is 14.1. The normalized spacial score (nSPS) is 12.6. The maximum absolute atomic E-state index is 5.85. The SMILES string of the molecule is CCC(C)Nc1ccc(Cl)cc1I. The molecule has 72 valence electrons. The molecule has 0 saturated heterocycles. The number of anilines is 1. The zero-order valence-electron chi connectivity index (χ0n) is 7.77. The molecule has 0 fully saturated rings. The van der Waals surface area contributed by atoms with Gasteiger partial charge in [-0.2, -0.15) is 0 Å². The third kappa shape index (κ3) is 3.35. The van der Waals surface area contributed by atoms with Crippen molar-refractivity contribution in [3.05, 3.63) is 26.8 Å². The molecule has 1 nitrogen and oxygen atoms in total. The number of hydrogen-bond acceptors (Lipinski definition) is 1. The van der Waals surface area contributed by atoms with Crippen molar-refractivity contribution in [2.24, 2.45) is 0 Å². The first-order valence-electron chi connectivity index (χ1n) is 4.35. The fourth-order valence-corrected chi connectivity index (χ4v) is 2.00. The Kier molecular flexibility index (Phi) is 4.32. The monoisotopic (exact) mass is 309 g/mol. The van der Waals surface area contributed by atoms with Gasteiger partial charge in [0, 0.05) is 20.3 Å². The second kappa shape index (κ2) is 5.05. The molecule has 0 aliphatic rings. The largest absolute Gasteiger partial charge is 0.382 e. The van der Waals surface area contributed by atoms with Crippen LogP contribution < -0.4 is 5.32 Å². The molecule has 13 heavy (non-hydrogen) atoms. The molecule has 0 radical (unpaired) electrons. The first kappa shape index (κ1) is 11.1. The summed E-state index contributed by atoms with van der Waals surface area (Å²) in [5.74, 6) is 0. The first-order valence-corrected chi connectivity index (χ1v) is 5.80. The summed E-state index contributed by atoms with van der Waals surface area (Å²) < 4.78 is 1.17. The Hall–Kier alpha value is 0.0400. The van der Waals surface area contributed by atoms with E-state index >= 15 is 0 Å². The van der Waals surface area contributed by atoms with Crippen molar-refractivity contribution in [2.75, 3.05) is 5.32 Å². The van der Waals surface area contributed by atoms with Gasteiger partial charge in [0.1, 0.15) is 0 Å². The molecule has 0 aromatic heterocycles. The topological polar surface area (TPSA) is 12.0 Å². The van der Waals surface area contributed by atoms with E-state index in [4.69, 9.17) is 11.6 Å². The van der Waals surface area contributed by atoms with Crippen molar-refractivity contribution in [3.8, 4) is 0 Å². The standard InChI is InChI=1S/C10H13ClIN/c1-3-7(2)13-10-5-4-8(11)6-9(10)12/h4-7,13H,3H2,1-2H3. The van der Waals surface area contributed by atoms with E-state index in [1.807, 2.05) is 18.2 Å². The Labute approximate surface area is 98.0 Å². The van der Waals surface area contributed by atoms with E-state index in [9.17, 15) is 0 Å². The van der Waals surface area contributed by atoms with Crippen molar-refractivity contribution < 1.29 is 0 Å². The van der Waals surface area contributed by atoms with Crippen LogP contribution in [0.25, 0.3) is 0 Å². The van der Waals surface area contributed by atoms with Crippen LogP contribution in [0.2, 0.25) is 5.02 Å². The lowest BCUT2D eigenvalue weighted by atomic mass is 10.2. The summed E-state index contributed by atoms with van der Waals surface area (Å²) in [6, 6.07) is 6.41. The van der Waals surface area contributed by atoms with Crippen molar-refractivity contribution in [2.45, 2.75) is 26.3 Å². The van der Waals surface area contributed by atoms with E-state index < -0.39 is 0 Å². The predicted molar refractivity (Wildman–Crippen MR) is 67.5 cm³/mol. The van der Waals surface area contributed by atoms with Crippen LogP contribution in [0.4, 0.5) is 5.69 Å². The van der Waals surface area contributed by atoms with Crippen molar-refractivity contribution in [3.63, 3.8) is 0 Å². The first-order chi connectivity index (χ1) is 6.13. The van der Waals surface area contributed by atoms with Gasteiger partial charge in [0.25, 0.3) is 0 Å². The number of nitrogens with one attached hydrogen (secondary N) is 1. The van der Waals surface area contributed by atoms with E-state index in [1.54, 1.807) is 0 Å². The molecule has 1 aromatic carbocycles. The van der Waals surface area contributed by atoms with Crippen LogP contribution in [0.3, 0.4) is 0 Å². The zero-order valence-corrected chi connectivity index (χ0v) is 10.7. The number of benzene rings is 1. The van der Waals surface area contributed by atoms with E-state index in [-0.39, 0.29) is 0 Å². The average molecular weight is 310 g/mol. The number of hydrogen-bond donors (Lipinski definition) is 1. The van der Waals surface area contributed by atoms with E-state index in [0.29, 0.717) is 6.04 Å². The lowest BCUT2D eigenvalue weighted by Crippen LogP contribution is -2.14. The van der Waals surface area contributed by atoms with E-state index in [0.717, 1.165) is 11.4 Å². The molecule has 0 heterocycles. The van der Waals surface area contributed by atoms with Crippen LogP contribution in [-0.4, -0.2) is 6.04 Å². The second-order valence-corrected chi connectivity index (χ2v) is 4.68. The van der Waals surface area contributed by atoms with Gasteiger partial charge >= 0.3 is 0 Å². The van der Waals surface area contributed by atoms with Gasteiger partial charge in [-0.05, 0) is 54.1 Å². The van der Waals surface area contributed by atoms with Crippen molar-refractivity contribution in [1.82, 2.24) is 0 Å². The molecule has 3 heteroatoms. The smallest absolute Gasteiger partial charge is 0.0478 e. The number of rotatable bonds is 3. The van der Waals surface area contributed by atoms with Gasteiger partial charge in [0.2, 0.25) is 0 Å². The van der Waals surface area contributed by atoms with Crippen LogP contribution in [0.1, 0.15) is 20.3 Å². The molecule has 1 atom stereocenters. The van der Waals surface area contributed by atoms with Gasteiger partial charge in [0.15, 0.2) is 0 Å². The van der Waals surface area contributed by atoms with Gasteiger partial charge in [-0.15, -0.1) is 0 Å². The Morgan fingerprint density at radius 1 is 1.54 bits per heavy atom. The van der Waals surface area contributed by atoms with Gasteiger partial charge < -0.3 is 5.32 Å². The molecular formula is C10H13ClIN. The zero-order chi connectivity index (χ0) is 9.84. The van der Waals surface area contributed by atoms with Gasteiger partial charge in [0.05, 0.1) is 0 Å². The highest BCUT2D eigenvalue weighted by atomic mass is 127. The summed E-state index contributed by atoms with van der Waals surface area (Å²) in [6.45, 7) is 4.34. The predicted octanol–water partition coefficient (Wildman–Crippen LogP) is 4.16. The summed E-state index contributed by atoms with van der Waals surface area (Å²) in [7, 11) is 0. The molecule has 0 spiro atoms. The van der Waals surface area contributed by atoms with Crippen LogP contribution in [0.15, 0.2) is 18.2 Å². The lowest BCUT2D eigenvalue weighted by Gasteiger charge is -2.14. The van der Waals surface area contributed by atoms with Crippen molar-refractivity contribution >= 4 is 39.9 Å². The van der Waals surface area contributed by atoms with Crippen LogP contribution in [0, 0.1) is 3.57 Å². The summed E-state index contributed by atoms with van der Waals surface area (Å²) >= 11 is 8.14. The molecule has 1 rings (SSSR count). The average Bonchev–Trinajstić information content (AvgIpc) is 2.09. The van der Waals surface area contributed by atoms with E-state index in [2.05, 4.69) is 41.8 Å². The molecule has 1 unspecified atom stereocenters. The minimum atomic E-state index is 0.509. The molecule has 0 saturated carbocycles. The third-order valence-electron chi connectivity index (χ3n) is 1.95. The highest BCUT2D eigenvalue weighted by Crippen LogP contribution is 2.23. The third-order valence-corrected chi connectivity index (χ3v) is 3.07. The highest BCUT2D eigenvalue weighted by Gasteiger charge is 2.02. The minimum Gasteiger partial charge on any atom is -0.382 e. The minimum absolute atomic E-state index is 0.509. The van der Waals surface area contributed by atoms with Gasteiger partial charge in [-0.25, -0.2) is 0 Å². The Morgan fingerprint density at radius 2 is 2.23 bits per heavy atom. The maximum Gasteiger partial charge on any atom is 0.0478 e. The summed E-state index contributed by atoms with van der Waals surface area (Å²) in [6.07, 6.45) is 1.12. The maximum atomic E-state index is 5.85. The lowest BCUT2D eigenvalue weighted by molar-refractivity contribution is 0.763. The Bertz CT molecular complexity index is 288. The van der Waals surface area contributed by atoms with Gasteiger partial charge in [-0.1, -0.05) is 18.5 Å². The summed E-state index contributed by atoms with van der Waals surface area (Å²) in [4.78, 5) is 0. The molecular weight excluding hydrogens is 296 g/mol. The Morgan fingerprint density at radius 3 is 2.77 bits per heavy atom. The molecule has 0 aliphatic carbocycles. The fourth-order valence-electron chi connectivity index (χ4n) is 0.974. The summed E-state index contributed by atoms with van der Waals surface area (Å²) in [5, 5.41) is 4.21. The second-order valence-electron chi connectivity index (χ2n) is 3.08. The summed E-state index contributed by atoms with van der Waals surface area (Å²) in [5.41, 5.74) is 1.17.